The monoisotopic (exact) mass is 360 g/mol. The number of carbonyl (C=O) groups excluding carboxylic acids is 1. The van der Waals surface area contributed by atoms with Crippen LogP contribution in [0.5, 0.6) is 0 Å². The zero-order chi connectivity index (χ0) is 17.8. The molecule has 0 bridgehead atoms. The summed E-state index contributed by atoms with van der Waals surface area (Å²) in [4.78, 5) is 23.1. The first-order chi connectivity index (χ1) is 12.1. The van der Waals surface area contributed by atoms with Gasteiger partial charge in [0.25, 0.3) is 0 Å². The average molecular weight is 360 g/mol. The van der Waals surface area contributed by atoms with E-state index in [1.165, 1.54) is 32.6 Å². The van der Waals surface area contributed by atoms with Crippen molar-refractivity contribution in [3.63, 3.8) is 0 Å². The van der Waals surface area contributed by atoms with Crippen molar-refractivity contribution in [1.82, 2.24) is 9.78 Å². The van der Waals surface area contributed by atoms with Crippen LogP contribution in [-0.2, 0) is 4.74 Å². The van der Waals surface area contributed by atoms with Gasteiger partial charge < -0.3 is 9.84 Å². The Labute approximate surface area is 150 Å². The number of hydrogen-bond acceptors (Lipinski definition) is 5. The van der Waals surface area contributed by atoms with E-state index in [1.54, 1.807) is 40.7 Å². The van der Waals surface area contributed by atoms with Crippen LogP contribution in [0.25, 0.3) is 5.69 Å². The fourth-order valence-corrected chi connectivity index (χ4v) is 4.38. The van der Waals surface area contributed by atoms with Crippen molar-refractivity contribution in [2.45, 2.75) is 42.4 Å². The SMILES string of the molecule is COC(=O)c1ccc(-n2ncc(C(=O)O)c2SC2CCCCC2)cc1. The lowest BCUT2D eigenvalue weighted by Gasteiger charge is -2.21. The van der Waals surface area contributed by atoms with Gasteiger partial charge in [0, 0.05) is 5.25 Å². The number of esters is 1. The van der Waals surface area contributed by atoms with E-state index in [0.717, 1.165) is 18.5 Å². The molecule has 25 heavy (non-hydrogen) atoms. The maximum Gasteiger partial charge on any atom is 0.340 e. The molecule has 1 N–H and O–H groups in total. The van der Waals surface area contributed by atoms with Crippen LogP contribution in [0.15, 0.2) is 35.5 Å². The number of hydrogen-bond donors (Lipinski definition) is 1. The highest BCUT2D eigenvalue weighted by Gasteiger charge is 2.23. The molecule has 1 aliphatic rings. The van der Waals surface area contributed by atoms with E-state index in [0.29, 0.717) is 15.8 Å². The highest BCUT2D eigenvalue weighted by molar-refractivity contribution is 8.00. The van der Waals surface area contributed by atoms with Crippen LogP contribution < -0.4 is 0 Å². The fourth-order valence-electron chi connectivity index (χ4n) is 2.98. The molecular formula is C18H20N2O4S. The van der Waals surface area contributed by atoms with Gasteiger partial charge in [-0.15, -0.1) is 11.8 Å². The Kier molecular flexibility index (Phi) is 5.43. The molecule has 1 heterocycles. The van der Waals surface area contributed by atoms with Crippen LogP contribution in [-0.4, -0.2) is 39.2 Å². The molecule has 2 aromatic rings. The molecule has 1 saturated carbocycles. The Hall–Kier alpha value is -2.28. The van der Waals surface area contributed by atoms with Crippen LogP contribution >= 0.6 is 11.8 Å². The number of nitrogens with zero attached hydrogens (tertiary/aromatic N) is 2. The minimum Gasteiger partial charge on any atom is -0.478 e. The van der Waals surface area contributed by atoms with Gasteiger partial charge in [-0.25, -0.2) is 14.3 Å². The van der Waals surface area contributed by atoms with Crippen LogP contribution in [0.2, 0.25) is 0 Å². The molecule has 0 saturated heterocycles. The van der Waals surface area contributed by atoms with E-state index in [4.69, 9.17) is 4.74 Å². The third-order valence-corrected chi connectivity index (χ3v) is 5.74. The predicted octanol–water partition coefficient (Wildman–Crippen LogP) is 3.78. The van der Waals surface area contributed by atoms with E-state index in [-0.39, 0.29) is 5.56 Å². The van der Waals surface area contributed by atoms with Crippen molar-refractivity contribution in [1.29, 1.82) is 0 Å². The molecule has 6 nitrogen and oxygen atoms in total. The summed E-state index contributed by atoms with van der Waals surface area (Å²) in [7, 11) is 1.34. The predicted molar refractivity (Wildman–Crippen MR) is 94.6 cm³/mol. The number of benzene rings is 1. The van der Waals surface area contributed by atoms with Crippen LogP contribution in [0.1, 0.15) is 52.8 Å². The zero-order valence-corrected chi connectivity index (χ0v) is 14.8. The molecule has 7 heteroatoms. The maximum absolute atomic E-state index is 11.6. The van der Waals surface area contributed by atoms with Crippen molar-refractivity contribution in [2.75, 3.05) is 7.11 Å². The number of methoxy groups -OCH3 is 1. The van der Waals surface area contributed by atoms with Gasteiger partial charge in [-0.3, -0.25) is 0 Å². The zero-order valence-electron chi connectivity index (χ0n) is 14.0. The quantitative estimate of drug-likeness (QED) is 0.817. The summed E-state index contributed by atoms with van der Waals surface area (Å²) in [5, 5.41) is 14.8. The van der Waals surface area contributed by atoms with E-state index in [1.807, 2.05) is 0 Å². The molecule has 0 amide bonds. The molecular weight excluding hydrogens is 340 g/mol. The highest BCUT2D eigenvalue weighted by atomic mass is 32.2. The summed E-state index contributed by atoms with van der Waals surface area (Å²) < 4.78 is 6.34. The van der Waals surface area contributed by atoms with Crippen molar-refractivity contribution >= 4 is 23.7 Å². The van der Waals surface area contributed by atoms with E-state index in [9.17, 15) is 14.7 Å². The van der Waals surface area contributed by atoms with Gasteiger partial charge in [0.1, 0.15) is 10.6 Å². The molecule has 0 spiro atoms. The number of ether oxygens (including phenoxy) is 1. The van der Waals surface area contributed by atoms with Gasteiger partial charge in [-0.2, -0.15) is 5.10 Å². The van der Waals surface area contributed by atoms with Crippen molar-refractivity contribution < 1.29 is 19.4 Å². The topological polar surface area (TPSA) is 81.4 Å². The number of thioether (sulfide) groups is 1. The molecule has 1 aromatic carbocycles. The molecule has 1 aromatic heterocycles. The second-order valence-electron chi connectivity index (χ2n) is 6.00. The summed E-state index contributed by atoms with van der Waals surface area (Å²) >= 11 is 1.59. The molecule has 132 valence electrons. The Morgan fingerprint density at radius 1 is 1.20 bits per heavy atom. The van der Waals surface area contributed by atoms with Gasteiger partial charge in [0.05, 0.1) is 24.6 Å². The lowest BCUT2D eigenvalue weighted by molar-refractivity contribution is 0.0600. The minimum absolute atomic E-state index is 0.215. The standard InChI is InChI=1S/C18H20N2O4S/c1-24-18(23)12-7-9-13(10-8-12)20-16(15(11-19-20)17(21)22)25-14-5-3-2-4-6-14/h7-11,14H,2-6H2,1H3,(H,21,22). The molecule has 0 unspecified atom stereocenters. The normalized spacial score (nSPS) is 15.1. The van der Waals surface area contributed by atoms with Gasteiger partial charge in [0.2, 0.25) is 0 Å². The molecule has 1 fully saturated rings. The Morgan fingerprint density at radius 3 is 2.48 bits per heavy atom. The van der Waals surface area contributed by atoms with Crippen LogP contribution in [0, 0.1) is 0 Å². The van der Waals surface area contributed by atoms with Gasteiger partial charge in [-0.05, 0) is 37.1 Å². The summed E-state index contributed by atoms with van der Waals surface area (Å²) in [6.07, 6.45) is 7.19. The lowest BCUT2D eigenvalue weighted by atomic mass is 10.0. The van der Waals surface area contributed by atoms with Gasteiger partial charge in [0.15, 0.2) is 0 Å². The van der Waals surface area contributed by atoms with Crippen molar-refractivity contribution in [3.8, 4) is 5.69 Å². The summed E-state index contributed by atoms with van der Waals surface area (Å²) in [6.45, 7) is 0. The van der Waals surface area contributed by atoms with Crippen LogP contribution in [0.3, 0.4) is 0 Å². The number of aromatic carboxylic acids is 1. The third-order valence-electron chi connectivity index (χ3n) is 4.32. The Bertz CT molecular complexity index is 764. The van der Waals surface area contributed by atoms with Crippen molar-refractivity contribution in [3.05, 3.63) is 41.6 Å². The summed E-state index contributed by atoms with van der Waals surface area (Å²) in [6, 6.07) is 6.79. The highest BCUT2D eigenvalue weighted by Crippen LogP contribution is 2.36. The smallest absolute Gasteiger partial charge is 0.340 e. The first-order valence-electron chi connectivity index (χ1n) is 8.27. The number of carboxylic acids is 1. The number of carbonyl (C=O) groups is 2. The third kappa shape index (κ3) is 3.87. The minimum atomic E-state index is -0.976. The molecule has 0 aliphatic heterocycles. The number of rotatable bonds is 5. The van der Waals surface area contributed by atoms with Gasteiger partial charge in [-0.1, -0.05) is 19.3 Å². The molecule has 1 aliphatic carbocycles. The molecule has 3 rings (SSSR count). The first kappa shape index (κ1) is 17.5. The molecule has 0 radical (unpaired) electrons. The van der Waals surface area contributed by atoms with Crippen molar-refractivity contribution in [2.24, 2.45) is 0 Å². The first-order valence-corrected chi connectivity index (χ1v) is 9.15. The van der Waals surface area contributed by atoms with Crippen LogP contribution in [0.4, 0.5) is 0 Å². The summed E-state index contributed by atoms with van der Waals surface area (Å²) in [5.41, 5.74) is 1.38. The fraction of sp³-hybridized carbons (Fsp3) is 0.389. The maximum atomic E-state index is 11.6. The largest absolute Gasteiger partial charge is 0.478 e. The van der Waals surface area contributed by atoms with E-state index in [2.05, 4.69) is 5.10 Å². The van der Waals surface area contributed by atoms with E-state index >= 15 is 0 Å². The summed E-state index contributed by atoms with van der Waals surface area (Å²) in [5.74, 6) is -1.38. The average Bonchev–Trinajstić information content (AvgIpc) is 3.06. The molecule has 0 atom stereocenters. The number of carboxylic acid groups (broad SMARTS) is 1. The van der Waals surface area contributed by atoms with Gasteiger partial charge >= 0.3 is 11.9 Å². The van der Waals surface area contributed by atoms with E-state index < -0.39 is 11.9 Å². The Morgan fingerprint density at radius 2 is 1.88 bits per heavy atom. The second kappa shape index (κ2) is 7.74. The lowest BCUT2D eigenvalue weighted by Crippen LogP contribution is -2.11. The Balaban J connectivity index is 1.92. The number of aromatic nitrogens is 2. The second-order valence-corrected chi connectivity index (χ2v) is 7.29.